The van der Waals surface area contributed by atoms with E-state index < -0.39 is 17.2 Å². The molecule has 5 rings (SSSR count). The number of fused-ring (bicyclic) bond motifs is 1. The molecule has 30 heavy (non-hydrogen) atoms. The Balaban J connectivity index is 1.33. The molecule has 0 unspecified atom stereocenters. The standard InChI is InChI=1S/C22H23F2N3O3/c1-29-17-4-7-25-19(13-17)26-8-5-22(6-9-26)21(28)27-18(2-3-20(27)30-22)14-10-15(23)12-16(24)11-14/h4,7,10-13,18,20H,2-3,5-6,8-9H2,1H3/t18-,20+/m0/s1. The lowest BCUT2D eigenvalue weighted by molar-refractivity contribution is -0.140. The van der Waals surface area contributed by atoms with Crippen LogP contribution in [0.15, 0.2) is 36.5 Å². The zero-order chi connectivity index (χ0) is 20.9. The molecule has 3 aliphatic rings. The van der Waals surface area contributed by atoms with E-state index in [9.17, 15) is 13.6 Å². The lowest BCUT2D eigenvalue weighted by Gasteiger charge is -2.38. The van der Waals surface area contributed by atoms with E-state index in [1.807, 2.05) is 6.07 Å². The Labute approximate surface area is 173 Å². The lowest BCUT2D eigenvalue weighted by Crippen LogP contribution is -2.50. The number of rotatable bonds is 3. The van der Waals surface area contributed by atoms with Crippen LogP contribution in [0.5, 0.6) is 5.75 Å². The Bertz CT molecular complexity index is 958. The number of amides is 1. The van der Waals surface area contributed by atoms with E-state index in [0.29, 0.717) is 44.3 Å². The van der Waals surface area contributed by atoms with Gasteiger partial charge in [-0.25, -0.2) is 13.8 Å². The van der Waals surface area contributed by atoms with E-state index in [0.717, 1.165) is 17.6 Å². The number of carbonyl (C=O) groups is 1. The Kier molecular flexibility index (Phi) is 4.61. The van der Waals surface area contributed by atoms with E-state index in [1.165, 1.54) is 12.1 Å². The van der Waals surface area contributed by atoms with Crippen molar-refractivity contribution < 1.29 is 23.0 Å². The Hall–Kier alpha value is -2.74. The van der Waals surface area contributed by atoms with Gasteiger partial charge >= 0.3 is 0 Å². The lowest BCUT2D eigenvalue weighted by atomic mass is 9.89. The van der Waals surface area contributed by atoms with Crippen molar-refractivity contribution in [3.8, 4) is 5.75 Å². The Morgan fingerprint density at radius 3 is 2.57 bits per heavy atom. The van der Waals surface area contributed by atoms with E-state index in [1.54, 1.807) is 24.3 Å². The predicted molar refractivity (Wildman–Crippen MR) is 105 cm³/mol. The van der Waals surface area contributed by atoms with Crippen LogP contribution in [-0.2, 0) is 9.53 Å². The molecule has 1 amide bonds. The number of hydrogen-bond acceptors (Lipinski definition) is 5. The van der Waals surface area contributed by atoms with Gasteiger partial charge in [-0.15, -0.1) is 0 Å². The summed E-state index contributed by atoms with van der Waals surface area (Å²) >= 11 is 0. The predicted octanol–water partition coefficient (Wildman–Crippen LogP) is 3.43. The highest BCUT2D eigenvalue weighted by molar-refractivity contribution is 5.88. The highest BCUT2D eigenvalue weighted by Crippen LogP contribution is 2.48. The minimum Gasteiger partial charge on any atom is -0.497 e. The maximum atomic E-state index is 13.7. The summed E-state index contributed by atoms with van der Waals surface area (Å²) < 4.78 is 39.0. The summed E-state index contributed by atoms with van der Waals surface area (Å²) in [7, 11) is 1.61. The maximum Gasteiger partial charge on any atom is 0.257 e. The van der Waals surface area contributed by atoms with Gasteiger partial charge in [-0.05, 0) is 36.6 Å². The topological polar surface area (TPSA) is 54.9 Å². The molecule has 0 N–H and O–H groups in total. The average molecular weight is 415 g/mol. The molecule has 0 aliphatic carbocycles. The fraction of sp³-hybridized carbons (Fsp3) is 0.455. The first-order chi connectivity index (χ1) is 14.5. The van der Waals surface area contributed by atoms with E-state index >= 15 is 0 Å². The van der Waals surface area contributed by atoms with E-state index in [2.05, 4.69) is 9.88 Å². The summed E-state index contributed by atoms with van der Waals surface area (Å²) in [5.74, 6) is 0.213. The molecule has 2 atom stereocenters. The van der Waals surface area contributed by atoms with Crippen LogP contribution in [0.2, 0.25) is 0 Å². The van der Waals surface area contributed by atoms with E-state index in [-0.39, 0.29) is 18.2 Å². The smallest absolute Gasteiger partial charge is 0.257 e. The molecule has 0 radical (unpaired) electrons. The molecular weight excluding hydrogens is 392 g/mol. The van der Waals surface area contributed by atoms with Gasteiger partial charge in [-0.2, -0.15) is 0 Å². The Morgan fingerprint density at radius 1 is 1.13 bits per heavy atom. The number of anilines is 1. The fourth-order valence-corrected chi connectivity index (χ4v) is 4.94. The van der Waals surface area contributed by atoms with Gasteiger partial charge in [0.1, 0.15) is 29.4 Å². The summed E-state index contributed by atoms with van der Waals surface area (Å²) in [6, 6.07) is 6.79. The van der Waals surface area contributed by atoms with Crippen molar-refractivity contribution >= 4 is 11.7 Å². The summed E-state index contributed by atoms with van der Waals surface area (Å²) in [5, 5.41) is 0. The quantitative estimate of drug-likeness (QED) is 0.769. The van der Waals surface area contributed by atoms with Gasteiger partial charge < -0.3 is 19.3 Å². The molecule has 2 aromatic rings. The number of benzene rings is 1. The molecule has 0 saturated carbocycles. The van der Waals surface area contributed by atoms with Crippen LogP contribution in [0.3, 0.4) is 0 Å². The molecule has 1 spiro atoms. The van der Waals surface area contributed by atoms with Crippen LogP contribution in [-0.4, -0.2) is 47.8 Å². The molecular formula is C22H23F2N3O3. The van der Waals surface area contributed by atoms with Gasteiger partial charge in [-0.3, -0.25) is 4.79 Å². The summed E-state index contributed by atoms with van der Waals surface area (Å²) in [6.07, 6.45) is 3.75. The van der Waals surface area contributed by atoms with Gasteiger partial charge in [-0.1, -0.05) is 0 Å². The zero-order valence-electron chi connectivity index (χ0n) is 16.7. The SMILES string of the molecule is COc1ccnc(N2CCC3(CC2)O[C@@H]2CC[C@@H](c4cc(F)cc(F)c4)N2C3=O)c1. The number of piperidine rings is 1. The summed E-state index contributed by atoms with van der Waals surface area (Å²) in [4.78, 5) is 21.6. The van der Waals surface area contributed by atoms with Crippen LogP contribution in [0.4, 0.5) is 14.6 Å². The summed E-state index contributed by atoms with van der Waals surface area (Å²) in [6.45, 7) is 1.26. The van der Waals surface area contributed by atoms with Crippen molar-refractivity contribution in [1.29, 1.82) is 0 Å². The monoisotopic (exact) mass is 415 g/mol. The van der Waals surface area contributed by atoms with Gasteiger partial charge in [0.25, 0.3) is 5.91 Å². The van der Waals surface area contributed by atoms with Crippen LogP contribution < -0.4 is 9.64 Å². The second-order valence-corrected chi connectivity index (χ2v) is 8.12. The Morgan fingerprint density at radius 2 is 1.87 bits per heavy atom. The number of aromatic nitrogens is 1. The number of carbonyl (C=O) groups excluding carboxylic acids is 1. The van der Waals surface area contributed by atoms with Gasteiger partial charge in [0.05, 0.1) is 13.2 Å². The van der Waals surface area contributed by atoms with Crippen molar-refractivity contribution in [3.63, 3.8) is 0 Å². The van der Waals surface area contributed by atoms with Crippen molar-refractivity contribution in [2.75, 3.05) is 25.1 Å². The van der Waals surface area contributed by atoms with Crippen LogP contribution in [0.1, 0.15) is 37.3 Å². The van der Waals surface area contributed by atoms with Gasteiger partial charge in [0.2, 0.25) is 0 Å². The first-order valence-corrected chi connectivity index (χ1v) is 10.2. The third-order valence-electron chi connectivity index (χ3n) is 6.44. The first-order valence-electron chi connectivity index (χ1n) is 10.2. The normalized spacial score (nSPS) is 25.1. The highest BCUT2D eigenvalue weighted by Gasteiger charge is 2.58. The van der Waals surface area contributed by atoms with Crippen molar-refractivity contribution in [1.82, 2.24) is 9.88 Å². The molecule has 3 aliphatic heterocycles. The third kappa shape index (κ3) is 3.10. The average Bonchev–Trinajstić information content (AvgIpc) is 3.26. The number of hydrogen-bond donors (Lipinski definition) is 0. The summed E-state index contributed by atoms with van der Waals surface area (Å²) in [5.41, 5.74) is -0.382. The fourth-order valence-electron chi connectivity index (χ4n) is 4.94. The van der Waals surface area contributed by atoms with Gasteiger partial charge in [0, 0.05) is 44.3 Å². The van der Waals surface area contributed by atoms with Crippen molar-refractivity contribution in [2.24, 2.45) is 0 Å². The number of ether oxygens (including phenoxy) is 2. The molecule has 3 fully saturated rings. The molecule has 158 valence electrons. The van der Waals surface area contributed by atoms with Gasteiger partial charge in [0.15, 0.2) is 5.60 Å². The zero-order valence-corrected chi connectivity index (χ0v) is 16.7. The van der Waals surface area contributed by atoms with E-state index in [4.69, 9.17) is 9.47 Å². The first kappa shape index (κ1) is 19.2. The maximum absolute atomic E-state index is 13.7. The molecule has 0 bridgehead atoms. The minimum atomic E-state index is -0.870. The second kappa shape index (κ2) is 7.19. The number of nitrogens with zero attached hydrogens (tertiary/aromatic N) is 3. The minimum absolute atomic E-state index is 0.0714. The third-order valence-corrected chi connectivity index (χ3v) is 6.44. The second-order valence-electron chi connectivity index (χ2n) is 8.12. The number of pyridine rings is 1. The van der Waals surface area contributed by atoms with Crippen molar-refractivity contribution in [3.05, 3.63) is 53.7 Å². The number of halogens is 2. The molecule has 4 heterocycles. The van der Waals surface area contributed by atoms with Crippen LogP contribution in [0, 0.1) is 11.6 Å². The van der Waals surface area contributed by atoms with Crippen LogP contribution in [0.25, 0.3) is 0 Å². The molecule has 3 saturated heterocycles. The van der Waals surface area contributed by atoms with Crippen LogP contribution >= 0.6 is 0 Å². The molecule has 1 aromatic heterocycles. The molecule has 6 nitrogen and oxygen atoms in total. The molecule has 1 aromatic carbocycles. The highest BCUT2D eigenvalue weighted by atomic mass is 19.1. The largest absolute Gasteiger partial charge is 0.497 e. The molecule has 8 heteroatoms. The number of methoxy groups -OCH3 is 1. The van der Waals surface area contributed by atoms with Crippen molar-refractivity contribution in [2.45, 2.75) is 43.6 Å².